The molecular formula is C18H26N2O2. The molecule has 0 aliphatic rings. The van der Waals surface area contributed by atoms with Crippen molar-refractivity contribution in [2.75, 3.05) is 6.61 Å². The van der Waals surface area contributed by atoms with Crippen LogP contribution >= 0.6 is 0 Å². The van der Waals surface area contributed by atoms with E-state index in [1.165, 1.54) is 51.3 Å². The van der Waals surface area contributed by atoms with Gasteiger partial charge < -0.3 is 9.15 Å². The number of hydrogen-bond donors (Lipinski definition) is 0. The van der Waals surface area contributed by atoms with Crippen molar-refractivity contribution < 1.29 is 9.15 Å². The zero-order valence-electron chi connectivity index (χ0n) is 13.5. The number of hydrogen-bond acceptors (Lipinski definition) is 4. The maximum Gasteiger partial charge on any atom is 0.251 e. The van der Waals surface area contributed by atoms with Crippen molar-refractivity contribution in [1.82, 2.24) is 10.2 Å². The van der Waals surface area contributed by atoms with Gasteiger partial charge in [0, 0.05) is 0 Å². The summed E-state index contributed by atoms with van der Waals surface area (Å²) in [5, 5.41) is 7.66. The standard InChI is InChI=1S/C18H26N2O2/c1-2-3-4-5-6-7-8-11-14-21-17-13-10-9-12-16(17)18-20-19-15-22-18/h9-10,12-13,15H,2-8,11,14H2,1H3. The Balaban J connectivity index is 1.65. The molecule has 4 nitrogen and oxygen atoms in total. The van der Waals surface area contributed by atoms with Crippen molar-refractivity contribution in [3.8, 4) is 17.2 Å². The average molecular weight is 302 g/mol. The van der Waals surface area contributed by atoms with E-state index in [0.29, 0.717) is 5.89 Å². The van der Waals surface area contributed by atoms with Crippen molar-refractivity contribution in [3.63, 3.8) is 0 Å². The number of rotatable bonds is 11. The highest BCUT2D eigenvalue weighted by Gasteiger charge is 2.09. The van der Waals surface area contributed by atoms with Crippen LogP contribution < -0.4 is 4.74 Å². The minimum Gasteiger partial charge on any atom is -0.493 e. The van der Waals surface area contributed by atoms with Gasteiger partial charge in [0.25, 0.3) is 5.89 Å². The summed E-state index contributed by atoms with van der Waals surface area (Å²) in [4.78, 5) is 0. The number of nitrogens with zero attached hydrogens (tertiary/aromatic N) is 2. The molecule has 2 rings (SSSR count). The van der Waals surface area contributed by atoms with Crippen LogP contribution in [-0.2, 0) is 0 Å². The molecule has 2 aromatic rings. The van der Waals surface area contributed by atoms with Crippen molar-refractivity contribution in [2.24, 2.45) is 0 Å². The van der Waals surface area contributed by atoms with Gasteiger partial charge in [0.05, 0.1) is 12.2 Å². The van der Waals surface area contributed by atoms with Crippen LogP contribution in [0.4, 0.5) is 0 Å². The minimum atomic E-state index is 0.506. The van der Waals surface area contributed by atoms with Crippen LogP contribution in [0, 0.1) is 0 Å². The first kappa shape index (κ1) is 16.5. The normalized spacial score (nSPS) is 10.8. The molecule has 1 heterocycles. The van der Waals surface area contributed by atoms with Gasteiger partial charge in [0.1, 0.15) is 5.75 Å². The van der Waals surface area contributed by atoms with Gasteiger partial charge in [-0.2, -0.15) is 0 Å². The van der Waals surface area contributed by atoms with Gasteiger partial charge >= 0.3 is 0 Å². The molecule has 0 radical (unpaired) electrons. The number of aromatic nitrogens is 2. The first-order valence-corrected chi connectivity index (χ1v) is 8.40. The second kappa shape index (κ2) is 9.98. The molecule has 0 unspecified atom stereocenters. The third-order valence-corrected chi connectivity index (χ3v) is 3.73. The molecule has 0 saturated carbocycles. The van der Waals surface area contributed by atoms with E-state index in [4.69, 9.17) is 9.15 Å². The first-order chi connectivity index (χ1) is 10.9. The fourth-order valence-electron chi connectivity index (χ4n) is 2.48. The summed E-state index contributed by atoms with van der Waals surface area (Å²) in [6.45, 7) is 2.99. The van der Waals surface area contributed by atoms with E-state index < -0.39 is 0 Å². The SMILES string of the molecule is CCCCCCCCCCOc1ccccc1-c1nnco1. The zero-order chi connectivity index (χ0) is 15.5. The third-order valence-electron chi connectivity index (χ3n) is 3.73. The van der Waals surface area contributed by atoms with E-state index in [-0.39, 0.29) is 0 Å². The fourth-order valence-corrected chi connectivity index (χ4v) is 2.48. The first-order valence-electron chi connectivity index (χ1n) is 8.40. The predicted molar refractivity (Wildman–Crippen MR) is 87.8 cm³/mol. The van der Waals surface area contributed by atoms with Gasteiger partial charge in [-0.25, -0.2) is 0 Å². The molecule has 0 fully saturated rings. The fraction of sp³-hybridized carbons (Fsp3) is 0.556. The quantitative estimate of drug-likeness (QED) is 0.531. The number of benzene rings is 1. The van der Waals surface area contributed by atoms with E-state index >= 15 is 0 Å². The minimum absolute atomic E-state index is 0.506. The van der Waals surface area contributed by atoms with Crippen molar-refractivity contribution >= 4 is 0 Å². The van der Waals surface area contributed by atoms with Crippen molar-refractivity contribution in [2.45, 2.75) is 58.3 Å². The average Bonchev–Trinajstić information content (AvgIpc) is 3.08. The summed E-state index contributed by atoms with van der Waals surface area (Å²) in [6, 6.07) is 7.80. The molecule has 0 atom stereocenters. The summed E-state index contributed by atoms with van der Waals surface area (Å²) in [5.74, 6) is 1.32. The van der Waals surface area contributed by atoms with Crippen LogP contribution in [-0.4, -0.2) is 16.8 Å². The highest BCUT2D eigenvalue weighted by atomic mass is 16.5. The summed E-state index contributed by atoms with van der Waals surface area (Å²) in [5.41, 5.74) is 0.861. The maximum atomic E-state index is 5.88. The Bertz CT molecular complexity index is 512. The van der Waals surface area contributed by atoms with Gasteiger partial charge in [-0.3, -0.25) is 0 Å². The molecule has 4 heteroatoms. The van der Waals surface area contributed by atoms with Crippen LogP contribution in [0.15, 0.2) is 35.1 Å². The Labute approximate surface area is 132 Å². The Morgan fingerprint density at radius 2 is 1.68 bits per heavy atom. The molecule has 120 valence electrons. The smallest absolute Gasteiger partial charge is 0.251 e. The summed E-state index contributed by atoms with van der Waals surface area (Å²) in [6.07, 6.45) is 11.7. The lowest BCUT2D eigenvalue weighted by Gasteiger charge is -2.09. The third kappa shape index (κ3) is 5.51. The van der Waals surface area contributed by atoms with E-state index in [0.717, 1.165) is 24.3 Å². The van der Waals surface area contributed by atoms with E-state index in [1.54, 1.807) is 0 Å². The largest absolute Gasteiger partial charge is 0.493 e. The van der Waals surface area contributed by atoms with Crippen LogP contribution in [0.5, 0.6) is 5.75 Å². The molecule has 1 aromatic heterocycles. The zero-order valence-corrected chi connectivity index (χ0v) is 13.5. The molecule has 0 aliphatic carbocycles. The molecule has 1 aromatic carbocycles. The van der Waals surface area contributed by atoms with Crippen molar-refractivity contribution in [1.29, 1.82) is 0 Å². The topological polar surface area (TPSA) is 48.2 Å². The molecule has 0 aliphatic heterocycles. The second-order valence-electron chi connectivity index (χ2n) is 5.56. The summed E-state index contributed by atoms with van der Waals surface area (Å²) >= 11 is 0. The Kier molecular flexibility index (Phi) is 7.50. The monoisotopic (exact) mass is 302 g/mol. The lowest BCUT2D eigenvalue weighted by molar-refractivity contribution is 0.304. The molecule has 0 saturated heterocycles. The number of para-hydroxylation sites is 1. The Morgan fingerprint density at radius 1 is 0.955 bits per heavy atom. The van der Waals surface area contributed by atoms with Crippen LogP contribution in [0.2, 0.25) is 0 Å². The van der Waals surface area contributed by atoms with Gasteiger partial charge in [-0.15, -0.1) is 10.2 Å². The van der Waals surface area contributed by atoms with E-state index in [2.05, 4.69) is 17.1 Å². The van der Waals surface area contributed by atoms with Crippen LogP contribution in [0.1, 0.15) is 58.3 Å². The van der Waals surface area contributed by atoms with Crippen LogP contribution in [0.25, 0.3) is 11.5 Å². The van der Waals surface area contributed by atoms with Gasteiger partial charge in [-0.1, -0.05) is 64.0 Å². The molecular weight excluding hydrogens is 276 g/mol. The molecule has 0 spiro atoms. The van der Waals surface area contributed by atoms with Gasteiger partial charge in [0.2, 0.25) is 6.39 Å². The molecule has 0 bridgehead atoms. The highest BCUT2D eigenvalue weighted by molar-refractivity contribution is 5.61. The Hall–Kier alpha value is -1.84. The predicted octanol–water partition coefficient (Wildman–Crippen LogP) is 5.26. The van der Waals surface area contributed by atoms with Crippen molar-refractivity contribution in [3.05, 3.63) is 30.7 Å². The lowest BCUT2D eigenvalue weighted by Crippen LogP contribution is -1.99. The van der Waals surface area contributed by atoms with Gasteiger partial charge in [-0.05, 0) is 18.6 Å². The summed E-state index contributed by atoms with van der Waals surface area (Å²) < 4.78 is 11.1. The van der Waals surface area contributed by atoms with Crippen LogP contribution in [0.3, 0.4) is 0 Å². The maximum absolute atomic E-state index is 5.88. The Morgan fingerprint density at radius 3 is 2.41 bits per heavy atom. The lowest BCUT2D eigenvalue weighted by atomic mass is 10.1. The summed E-state index contributed by atoms with van der Waals surface area (Å²) in [7, 11) is 0. The molecule has 22 heavy (non-hydrogen) atoms. The number of unbranched alkanes of at least 4 members (excludes halogenated alkanes) is 7. The number of ether oxygens (including phenoxy) is 1. The highest BCUT2D eigenvalue weighted by Crippen LogP contribution is 2.28. The molecule has 0 N–H and O–H groups in total. The van der Waals surface area contributed by atoms with E-state index in [1.807, 2.05) is 24.3 Å². The van der Waals surface area contributed by atoms with Gasteiger partial charge in [0.15, 0.2) is 0 Å². The molecule has 0 amide bonds. The second-order valence-corrected chi connectivity index (χ2v) is 5.56. The van der Waals surface area contributed by atoms with E-state index in [9.17, 15) is 0 Å².